The first-order valence-corrected chi connectivity index (χ1v) is 13.9. The third-order valence-electron chi connectivity index (χ3n) is 6.93. The summed E-state index contributed by atoms with van der Waals surface area (Å²) >= 11 is 0. The lowest BCUT2D eigenvalue weighted by atomic mass is 10.1. The monoisotopic (exact) mass is 547 g/mol. The summed E-state index contributed by atoms with van der Waals surface area (Å²) in [6, 6.07) is 21.6. The van der Waals surface area contributed by atoms with Crippen LogP contribution in [0.15, 0.2) is 72.9 Å². The van der Waals surface area contributed by atoms with Gasteiger partial charge in [-0.25, -0.2) is 0 Å². The fraction of sp³-hybridized carbons (Fsp3) is 0.406. The fourth-order valence-electron chi connectivity index (χ4n) is 4.49. The molecule has 8 nitrogen and oxygen atoms in total. The van der Waals surface area contributed by atoms with Crippen molar-refractivity contribution in [3.8, 4) is 5.75 Å². The first-order valence-electron chi connectivity index (χ1n) is 13.9. The molecule has 0 fully saturated rings. The summed E-state index contributed by atoms with van der Waals surface area (Å²) in [4.78, 5) is 42.2. The molecule has 0 spiro atoms. The third-order valence-corrected chi connectivity index (χ3v) is 6.93. The second-order valence-electron chi connectivity index (χ2n) is 9.80. The lowest BCUT2D eigenvalue weighted by Gasteiger charge is -2.31. The van der Waals surface area contributed by atoms with Gasteiger partial charge in [-0.2, -0.15) is 0 Å². The number of nitrogens with zero attached hydrogens (tertiary/aromatic N) is 3. The molecular formula is C32H41N3O5. The second kappa shape index (κ2) is 15.5. The van der Waals surface area contributed by atoms with Crippen LogP contribution < -0.4 is 4.74 Å². The smallest absolute Gasteiger partial charge is 0.306 e. The molecule has 0 aliphatic heterocycles. The number of carbonyl (C=O) groups excluding carboxylic acids is 3. The Kier molecular flexibility index (Phi) is 11.8. The van der Waals surface area contributed by atoms with Crippen LogP contribution in [0.1, 0.15) is 56.9 Å². The number of esters is 1. The minimum atomic E-state index is -0.409. The zero-order chi connectivity index (χ0) is 28.9. The maximum absolute atomic E-state index is 13.8. The lowest BCUT2D eigenvalue weighted by molar-refractivity contribution is -0.147. The van der Waals surface area contributed by atoms with Crippen LogP contribution in [0.2, 0.25) is 0 Å². The molecule has 0 aliphatic rings. The Labute approximate surface area is 237 Å². The van der Waals surface area contributed by atoms with Crippen LogP contribution in [-0.2, 0) is 38.8 Å². The van der Waals surface area contributed by atoms with Crippen molar-refractivity contribution in [3.05, 3.63) is 89.7 Å². The Morgan fingerprint density at radius 2 is 1.62 bits per heavy atom. The summed E-state index contributed by atoms with van der Waals surface area (Å²) in [6.45, 7) is 7.29. The van der Waals surface area contributed by atoms with Crippen LogP contribution in [0.5, 0.6) is 5.75 Å². The molecule has 0 saturated carbocycles. The molecule has 8 heteroatoms. The highest BCUT2D eigenvalue weighted by Gasteiger charge is 2.26. The van der Waals surface area contributed by atoms with Gasteiger partial charge in [-0.3, -0.25) is 14.4 Å². The number of aromatic nitrogens is 1. The lowest BCUT2D eigenvalue weighted by Crippen LogP contribution is -2.46. The van der Waals surface area contributed by atoms with Crippen LogP contribution >= 0.6 is 0 Å². The van der Waals surface area contributed by atoms with Crippen molar-refractivity contribution in [2.45, 2.75) is 65.7 Å². The van der Waals surface area contributed by atoms with E-state index in [0.29, 0.717) is 26.1 Å². The molecule has 1 atom stereocenters. The predicted molar refractivity (Wildman–Crippen MR) is 155 cm³/mol. The number of methoxy groups -OCH3 is 1. The summed E-state index contributed by atoms with van der Waals surface area (Å²) < 4.78 is 12.5. The van der Waals surface area contributed by atoms with E-state index < -0.39 is 5.97 Å². The molecule has 1 unspecified atom stereocenters. The van der Waals surface area contributed by atoms with Gasteiger partial charge >= 0.3 is 5.97 Å². The number of amides is 2. The average molecular weight is 548 g/mol. The van der Waals surface area contributed by atoms with E-state index in [1.165, 1.54) is 0 Å². The topological polar surface area (TPSA) is 81.1 Å². The standard InChI is InChI=1S/C32H41N3O5/c1-5-25(3)35(30(36)17-18-32(38)40-6-2)24-31(37)34(21-26-12-8-7-9-13-26)23-28-15-11-19-33(28)22-27-14-10-16-29(20-27)39-4/h7-16,19-20,25H,5-6,17-18,21-24H2,1-4H3. The van der Waals surface area contributed by atoms with Gasteiger partial charge in [-0.15, -0.1) is 0 Å². The number of hydrogen-bond acceptors (Lipinski definition) is 5. The van der Waals surface area contributed by atoms with Gasteiger partial charge in [-0.05, 0) is 55.7 Å². The first kappa shape index (κ1) is 30.5. The van der Waals surface area contributed by atoms with E-state index in [1.807, 2.05) is 86.8 Å². The molecule has 0 aliphatic carbocycles. The van der Waals surface area contributed by atoms with Crippen LogP contribution in [0.25, 0.3) is 0 Å². The van der Waals surface area contributed by atoms with E-state index in [1.54, 1.807) is 23.8 Å². The molecule has 0 N–H and O–H groups in total. The fourth-order valence-corrected chi connectivity index (χ4v) is 4.49. The van der Waals surface area contributed by atoms with E-state index in [2.05, 4.69) is 4.57 Å². The molecule has 0 bridgehead atoms. The van der Waals surface area contributed by atoms with E-state index >= 15 is 0 Å². The van der Waals surface area contributed by atoms with Gasteiger partial charge in [0.25, 0.3) is 0 Å². The first-order chi connectivity index (χ1) is 19.3. The normalized spacial score (nSPS) is 11.5. The van der Waals surface area contributed by atoms with Crippen LogP contribution in [-0.4, -0.2) is 58.5 Å². The quantitative estimate of drug-likeness (QED) is 0.249. The summed E-state index contributed by atoms with van der Waals surface area (Å²) in [5, 5.41) is 0. The van der Waals surface area contributed by atoms with E-state index in [0.717, 1.165) is 22.6 Å². The summed E-state index contributed by atoms with van der Waals surface area (Å²) in [5.74, 6) is 0.0122. The second-order valence-corrected chi connectivity index (χ2v) is 9.80. The molecule has 3 rings (SSSR count). The minimum absolute atomic E-state index is 0.000680. The Bertz CT molecular complexity index is 1240. The molecule has 1 heterocycles. The highest BCUT2D eigenvalue weighted by molar-refractivity contribution is 5.86. The number of rotatable bonds is 15. The molecule has 0 saturated heterocycles. The Morgan fingerprint density at radius 3 is 2.33 bits per heavy atom. The maximum atomic E-state index is 13.8. The van der Waals surface area contributed by atoms with Gasteiger partial charge in [0, 0.05) is 37.4 Å². The molecule has 0 radical (unpaired) electrons. The van der Waals surface area contributed by atoms with Gasteiger partial charge in [0.1, 0.15) is 12.3 Å². The molecule has 214 valence electrons. The maximum Gasteiger partial charge on any atom is 0.306 e. The number of benzene rings is 2. The average Bonchev–Trinajstić information content (AvgIpc) is 3.40. The summed E-state index contributed by atoms with van der Waals surface area (Å²) in [6.07, 6.45) is 2.71. The number of hydrogen-bond donors (Lipinski definition) is 0. The molecule has 2 aromatic carbocycles. The van der Waals surface area contributed by atoms with E-state index in [9.17, 15) is 14.4 Å². The van der Waals surface area contributed by atoms with Gasteiger partial charge < -0.3 is 23.8 Å². The van der Waals surface area contributed by atoms with Crippen LogP contribution in [0.3, 0.4) is 0 Å². The zero-order valence-electron chi connectivity index (χ0n) is 24.0. The van der Waals surface area contributed by atoms with Crippen molar-refractivity contribution in [2.75, 3.05) is 20.3 Å². The molecular weight excluding hydrogens is 506 g/mol. The summed E-state index contributed by atoms with van der Waals surface area (Å²) in [7, 11) is 1.65. The van der Waals surface area contributed by atoms with Crippen molar-refractivity contribution in [1.82, 2.24) is 14.4 Å². The van der Waals surface area contributed by atoms with Crippen molar-refractivity contribution in [3.63, 3.8) is 0 Å². The van der Waals surface area contributed by atoms with Gasteiger partial charge in [-0.1, -0.05) is 49.4 Å². The van der Waals surface area contributed by atoms with Crippen LogP contribution in [0, 0.1) is 0 Å². The van der Waals surface area contributed by atoms with E-state index in [-0.39, 0.29) is 43.8 Å². The Hall–Kier alpha value is -4.07. The van der Waals surface area contributed by atoms with Crippen LogP contribution in [0.4, 0.5) is 0 Å². The molecule has 2 amide bonds. The zero-order valence-corrected chi connectivity index (χ0v) is 24.0. The highest BCUT2D eigenvalue weighted by atomic mass is 16.5. The molecule has 40 heavy (non-hydrogen) atoms. The predicted octanol–water partition coefficient (Wildman–Crippen LogP) is 5.04. The highest BCUT2D eigenvalue weighted by Crippen LogP contribution is 2.18. The Balaban J connectivity index is 1.80. The summed E-state index contributed by atoms with van der Waals surface area (Å²) in [5.41, 5.74) is 3.08. The van der Waals surface area contributed by atoms with Gasteiger partial charge in [0.15, 0.2) is 0 Å². The van der Waals surface area contributed by atoms with Crippen molar-refractivity contribution in [1.29, 1.82) is 0 Å². The third kappa shape index (κ3) is 9.00. The SMILES string of the molecule is CCOC(=O)CCC(=O)N(CC(=O)N(Cc1ccccc1)Cc1cccn1Cc1cccc(OC)c1)C(C)CC. The van der Waals surface area contributed by atoms with Crippen molar-refractivity contribution >= 4 is 17.8 Å². The van der Waals surface area contributed by atoms with Crippen molar-refractivity contribution in [2.24, 2.45) is 0 Å². The van der Waals surface area contributed by atoms with Gasteiger partial charge in [0.05, 0.1) is 26.7 Å². The number of carbonyl (C=O) groups is 3. The minimum Gasteiger partial charge on any atom is -0.497 e. The van der Waals surface area contributed by atoms with Gasteiger partial charge in [0.2, 0.25) is 11.8 Å². The molecule has 3 aromatic rings. The molecule has 1 aromatic heterocycles. The largest absolute Gasteiger partial charge is 0.497 e. The van der Waals surface area contributed by atoms with Crippen molar-refractivity contribution < 1.29 is 23.9 Å². The van der Waals surface area contributed by atoms with E-state index in [4.69, 9.17) is 9.47 Å². The Morgan fingerprint density at radius 1 is 0.875 bits per heavy atom. The number of ether oxygens (including phenoxy) is 2.